The van der Waals surface area contributed by atoms with Crippen molar-refractivity contribution in [3.8, 4) is 11.3 Å². The first-order chi connectivity index (χ1) is 12.0. The Bertz CT molecular complexity index is 965. The lowest BCUT2D eigenvalue weighted by molar-refractivity contribution is -0.137. The van der Waals surface area contributed by atoms with Gasteiger partial charge in [0.1, 0.15) is 4.90 Å². The van der Waals surface area contributed by atoms with E-state index >= 15 is 0 Å². The van der Waals surface area contributed by atoms with Crippen molar-refractivity contribution in [1.82, 2.24) is 9.71 Å². The molecule has 26 heavy (non-hydrogen) atoms. The molecule has 2 rings (SSSR count). The number of carbonyl (C=O) groups excluding carboxylic acids is 1. The van der Waals surface area contributed by atoms with E-state index in [1.807, 2.05) is 0 Å². The molecule has 0 aliphatic carbocycles. The van der Waals surface area contributed by atoms with Crippen molar-refractivity contribution in [1.29, 1.82) is 0 Å². The van der Waals surface area contributed by atoms with Crippen LogP contribution in [-0.2, 0) is 20.9 Å². The van der Waals surface area contributed by atoms with E-state index in [1.54, 1.807) is 4.72 Å². The average molecular weight is 429 g/mol. The largest absolute Gasteiger partial charge is 0.452 e. The van der Waals surface area contributed by atoms with Crippen molar-refractivity contribution >= 4 is 39.3 Å². The number of amides is 1. The van der Waals surface area contributed by atoms with Crippen molar-refractivity contribution in [3.63, 3.8) is 0 Å². The summed E-state index contributed by atoms with van der Waals surface area (Å²) >= 11 is 11.7. The van der Waals surface area contributed by atoms with Gasteiger partial charge in [0.15, 0.2) is 0 Å². The fourth-order valence-corrected chi connectivity index (χ4v) is 3.59. The zero-order chi connectivity index (χ0) is 19.7. The standard InChI is InChI=1S/C14H9Cl2F3N2O4S/c1-25-13(22)21-26(23,24)11-4-7(2-3-9(11)15)12-10(16)5-8(6-20-12)14(17,18)19/h2-6H,1H3,(H,21,22). The third-order valence-electron chi connectivity index (χ3n) is 3.07. The summed E-state index contributed by atoms with van der Waals surface area (Å²) < 4.78 is 68.2. The first-order valence-electron chi connectivity index (χ1n) is 6.59. The maximum Gasteiger partial charge on any atom is 0.420 e. The van der Waals surface area contributed by atoms with Gasteiger partial charge in [0.2, 0.25) is 0 Å². The maximum absolute atomic E-state index is 12.7. The number of sulfonamides is 1. The van der Waals surface area contributed by atoms with E-state index < -0.39 is 32.8 Å². The number of rotatable bonds is 3. The molecule has 2 aromatic rings. The Morgan fingerprint density at radius 1 is 1.19 bits per heavy atom. The Morgan fingerprint density at radius 2 is 1.85 bits per heavy atom. The molecule has 0 saturated heterocycles. The van der Waals surface area contributed by atoms with Crippen molar-refractivity contribution in [3.05, 3.63) is 46.1 Å². The van der Waals surface area contributed by atoms with Crippen LogP contribution in [0.5, 0.6) is 0 Å². The number of hydrogen-bond donors (Lipinski definition) is 1. The summed E-state index contributed by atoms with van der Waals surface area (Å²) in [6, 6.07) is 4.19. The van der Waals surface area contributed by atoms with Gasteiger partial charge in [-0.1, -0.05) is 29.3 Å². The molecule has 0 bridgehead atoms. The Hall–Kier alpha value is -2.04. The molecule has 1 aromatic carbocycles. The van der Waals surface area contributed by atoms with Crippen molar-refractivity contribution in [2.24, 2.45) is 0 Å². The second-order valence-corrected chi connectivity index (χ2v) is 7.26. The van der Waals surface area contributed by atoms with Crippen LogP contribution < -0.4 is 4.72 Å². The Kier molecular flexibility index (Phi) is 5.69. The van der Waals surface area contributed by atoms with Gasteiger partial charge in [-0.25, -0.2) is 17.9 Å². The number of hydrogen-bond acceptors (Lipinski definition) is 5. The highest BCUT2D eigenvalue weighted by molar-refractivity contribution is 7.90. The van der Waals surface area contributed by atoms with Gasteiger partial charge in [-0.2, -0.15) is 13.2 Å². The van der Waals surface area contributed by atoms with Gasteiger partial charge in [0, 0.05) is 11.8 Å². The molecule has 12 heteroatoms. The molecule has 0 aliphatic rings. The van der Waals surface area contributed by atoms with Crippen molar-refractivity contribution in [2.75, 3.05) is 7.11 Å². The van der Waals surface area contributed by atoms with Gasteiger partial charge in [-0.3, -0.25) is 4.98 Å². The quantitative estimate of drug-likeness (QED) is 0.794. The summed E-state index contributed by atoms with van der Waals surface area (Å²) in [6.07, 6.45) is -5.30. The zero-order valence-corrected chi connectivity index (χ0v) is 15.1. The smallest absolute Gasteiger partial charge is 0.420 e. The predicted octanol–water partition coefficient (Wildman–Crippen LogP) is 4.12. The summed E-state index contributed by atoms with van der Waals surface area (Å²) in [5.74, 6) is 0. The molecule has 0 saturated carbocycles. The highest BCUT2D eigenvalue weighted by Crippen LogP contribution is 2.35. The van der Waals surface area contributed by atoms with Crippen LogP contribution in [0.2, 0.25) is 10.0 Å². The number of nitrogens with zero attached hydrogens (tertiary/aromatic N) is 1. The monoisotopic (exact) mass is 428 g/mol. The minimum atomic E-state index is -4.63. The van der Waals surface area contributed by atoms with Crippen LogP contribution >= 0.6 is 23.2 Å². The lowest BCUT2D eigenvalue weighted by atomic mass is 10.1. The molecule has 1 heterocycles. The molecule has 0 fully saturated rings. The highest BCUT2D eigenvalue weighted by Gasteiger charge is 2.32. The van der Waals surface area contributed by atoms with E-state index in [2.05, 4.69) is 9.72 Å². The molecule has 1 amide bonds. The Morgan fingerprint density at radius 3 is 2.38 bits per heavy atom. The van der Waals surface area contributed by atoms with Gasteiger partial charge >= 0.3 is 12.3 Å². The van der Waals surface area contributed by atoms with Gasteiger partial charge < -0.3 is 4.74 Å². The van der Waals surface area contributed by atoms with E-state index in [0.717, 1.165) is 13.2 Å². The number of methoxy groups -OCH3 is 1. The van der Waals surface area contributed by atoms with Crippen LogP contribution in [-0.4, -0.2) is 26.6 Å². The number of alkyl halides is 3. The normalized spacial score (nSPS) is 11.9. The lowest BCUT2D eigenvalue weighted by Gasteiger charge is -2.12. The van der Waals surface area contributed by atoms with Crippen LogP contribution in [0, 0.1) is 0 Å². The van der Waals surface area contributed by atoms with E-state index in [9.17, 15) is 26.4 Å². The number of benzene rings is 1. The highest BCUT2D eigenvalue weighted by atomic mass is 35.5. The molecule has 0 radical (unpaired) electrons. The molecule has 0 unspecified atom stereocenters. The Labute approximate surface area is 155 Å². The molecule has 1 N–H and O–H groups in total. The maximum atomic E-state index is 12.7. The van der Waals surface area contributed by atoms with Crippen LogP contribution in [0.3, 0.4) is 0 Å². The van der Waals surface area contributed by atoms with Crippen molar-refractivity contribution in [2.45, 2.75) is 11.1 Å². The molecule has 0 spiro atoms. The fourth-order valence-electron chi connectivity index (χ4n) is 1.87. The molecule has 1 aromatic heterocycles. The summed E-state index contributed by atoms with van der Waals surface area (Å²) in [6.45, 7) is 0. The SMILES string of the molecule is COC(=O)NS(=O)(=O)c1cc(-c2ncc(C(F)(F)F)cc2Cl)ccc1Cl. The zero-order valence-electron chi connectivity index (χ0n) is 12.8. The van der Waals surface area contributed by atoms with Crippen LogP contribution in [0.15, 0.2) is 35.4 Å². The summed E-state index contributed by atoms with van der Waals surface area (Å²) in [7, 11) is -3.42. The van der Waals surface area contributed by atoms with E-state index in [-0.39, 0.29) is 21.3 Å². The first kappa shape index (κ1) is 20.3. The van der Waals surface area contributed by atoms with Crippen LogP contribution in [0.25, 0.3) is 11.3 Å². The molecule has 6 nitrogen and oxygen atoms in total. The number of nitrogens with one attached hydrogen (secondary N) is 1. The third-order valence-corrected chi connectivity index (χ3v) is 5.15. The summed E-state index contributed by atoms with van der Waals surface area (Å²) in [5, 5.41) is -0.570. The van der Waals surface area contributed by atoms with Gasteiger partial charge in [-0.15, -0.1) is 0 Å². The average Bonchev–Trinajstić information content (AvgIpc) is 2.54. The van der Waals surface area contributed by atoms with Gasteiger partial charge in [0.25, 0.3) is 10.0 Å². The number of carbonyl (C=O) groups is 1. The topological polar surface area (TPSA) is 85.4 Å². The lowest BCUT2D eigenvalue weighted by Crippen LogP contribution is -2.30. The van der Waals surface area contributed by atoms with E-state index in [1.165, 1.54) is 12.1 Å². The van der Waals surface area contributed by atoms with Crippen molar-refractivity contribution < 1.29 is 31.1 Å². The molecule has 140 valence electrons. The van der Waals surface area contributed by atoms with E-state index in [0.29, 0.717) is 12.3 Å². The van der Waals surface area contributed by atoms with Gasteiger partial charge in [0.05, 0.1) is 28.4 Å². The first-order valence-corrected chi connectivity index (χ1v) is 8.83. The fraction of sp³-hybridized carbons (Fsp3) is 0.143. The number of aromatic nitrogens is 1. The summed E-state index contributed by atoms with van der Waals surface area (Å²) in [5.41, 5.74) is -1.07. The molecular formula is C14H9Cl2F3N2O4S. The number of pyridine rings is 1. The molecule has 0 aliphatic heterocycles. The minimum absolute atomic E-state index is 0.0818. The van der Waals surface area contributed by atoms with Gasteiger partial charge in [-0.05, 0) is 18.2 Å². The molecule has 0 atom stereocenters. The second-order valence-electron chi connectivity index (χ2n) is 4.79. The van der Waals surface area contributed by atoms with Crippen LogP contribution in [0.1, 0.15) is 5.56 Å². The molecular weight excluding hydrogens is 420 g/mol. The predicted molar refractivity (Wildman–Crippen MR) is 87.4 cm³/mol. The minimum Gasteiger partial charge on any atom is -0.452 e. The van der Waals surface area contributed by atoms with Crippen LogP contribution in [0.4, 0.5) is 18.0 Å². The number of halogens is 5. The number of ether oxygens (including phenoxy) is 1. The third kappa shape index (κ3) is 4.37. The summed E-state index contributed by atoms with van der Waals surface area (Å²) in [4.78, 5) is 14.3. The second kappa shape index (κ2) is 7.29. The Balaban J connectivity index is 2.52. The van der Waals surface area contributed by atoms with E-state index in [4.69, 9.17) is 23.2 Å².